The average molecular weight is 250 g/mol. The van der Waals surface area contributed by atoms with Crippen LogP contribution in [0, 0.1) is 0 Å². The summed E-state index contributed by atoms with van der Waals surface area (Å²) >= 11 is 0. The van der Waals surface area contributed by atoms with E-state index >= 15 is 0 Å². The second-order valence-corrected chi connectivity index (χ2v) is 4.68. The van der Waals surface area contributed by atoms with Crippen molar-refractivity contribution in [2.75, 3.05) is 0 Å². The van der Waals surface area contributed by atoms with Crippen molar-refractivity contribution in [3.63, 3.8) is 0 Å². The summed E-state index contributed by atoms with van der Waals surface area (Å²) in [6, 6.07) is 15.7. The van der Waals surface area contributed by atoms with Gasteiger partial charge in [-0.2, -0.15) is 0 Å². The van der Waals surface area contributed by atoms with Crippen molar-refractivity contribution in [1.29, 1.82) is 0 Å². The van der Waals surface area contributed by atoms with Gasteiger partial charge in [0.05, 0.1) is 5.56 Å². The maximum Gasteiger partial charge on any atom is 0.336 e. The molecule has 3 aromatic carbocycles. The molecule has 94 valence electrons. The monoisotopic (exact) mass is 250 g/mol. The fourth-order valence-corrected chi connectivity index (χ4v) is 2.59. The normalized spacial score (nSPS) is 11.0. The van der Waals surface area contributed by atoms with Crippen LogP contribution >= 0.6 is 0 Å². The second kappa shape index (κ2) is 4.39. The number of carboxylic acids is 1. The van der Waals surface area contributed by atoms with Gasteiger partial charge >= 0.3 is 5.97 Å². The smallest absolute Gasteiger partial charge is 0.336 e. The highest BCUT2D eigenvalue weighted by molar-refractivity contribution is 6.09. The molecule has 0 spiro atoms. The number of aromatic carboxylic acids is 1. The van der Waals surface area contributed by atoms with Crippen molar-refractivity contribution in [3.05, 3.63) is 59.7 Å². The molecule has 19 heavy (non-hydrogen) atoms. The second-order valence-electron chi connectivity index (χ2n) is 4.68. The van der Waals surface area contributed by atoms with Gasteiger partial charge in [-0.05, 0) is 51.7 Å². The van der Waals surface area contributed by atoms with E-state index in [1.165, 1.54) is 5.56 Å². The number of carbonyl (C=O) groups is 1. The topological polar surface area (TPSA) is 37.3 Å². The van der Waals surface area contributed by atoms with Crippen LogP contribution in [0.2, 0.25) is 0 Å². The predicted octanol–water partition coefficient (Wildman–Crippen LogP) is 4.25. The first-order chi connectivity index (χ1) is 9.20. The molecule has 0 amide bonds. The Bertz CT molecular complexity index is 788. The molecule has 0 fully saturated rings. The van der Waals surface area contributed by atoms with Gasteiger partial charge in [0.25, 0.3) is 0 Å². The Balaban J connectivity index is 2.49. The summed E-state index contributed by atoms with van der Waals surface area (Å²) in [4.78, 5) is 11.4. The minimum absolute atomic E-state index is 0.373. The van der Waals surface area contributed by atoms with Crippen LogP contribution in [0.15, 0.2) is 48.5 Å². The van der Waals surface area contributed by atoms with Crippen molar-refractivity contribution >= 4 is 27.5 Å². The van der Waals surface area contributed by atoms with E-state index in [1.807, 2.05) is 30.3 Å². The lowest BCUT2D eigenvalue weighted by Gasteiger charge is -2.09. The summed E-state index contributed by atoms with van der Waals surface area (Å²) in [6.07, 6.45) is 0.898. The molecule has 1 N–H and O–H groups in total. The lowest BCUT2D eigenvalue weighted by molar-refractivity contribution is 0.0699. The standard InChI is InChI=1S/C17H14O2/c1-2-11-7-8-14(17(18)19)16-10-13-6-4-3-5-12(13)9-15(11)16/h3-10H,2H2,1H3,(H,18,19). The lowest BCUT2D eigenvalue weighted by Crippen LogP contribution is -1.99. The molecule has 0 aromatic heterocycles. The number of fused-ring (bicyclic) bond motifs is 2. The van der Waals surface area contributed by atoms with Crippen molar-refractivity contribution < 1.29 is 9.90 Å². The van der Waals surface area contributed by atoms with E-state index in [9.17, 15) is 9.90 Å². The molecule has 0 saturated carbocycles. The molecule has 0 aliphatic heterocycles. The molecule has 0 saturated heterocycles. The highest BCUT2D eigenvalue weighted by Gasteiger charge is 2.11. The molecule has 0 aliphatic rings. The molecule has 3 rings (SSSR count). The SMILES string of the molecule is CCc1ccc(C(=O)O)c2cc3ccccc3cc12. The van der Waals surface area contributed by atoms with Crippen LogP contribution in [0.1, 0.15) is 22.8 Å². The van der Waals surface area contributed by atoms with Gasteiger partial charge in [-0.25, -0.2) is 4.79 Å². The molecule has 0 bridgehead atoms. The number of carboxylic acid groups (broad SMARTS) is 1. The first kappa shape index (κ1) is 11.7. The minimum Gasteiger partial charge on any atom is -0.478 e. The van der Waals surface area contributed by atoms with E-state index in [2.05, 4.69) is 19.1 Å². The number of benzene rings is 3. The van der Waals surface area contributed by atoms with Gasteiger partial charge in [-0.1, -0.05) is 37.3 Å². The summed E-state index contributed by atoms with van der Waals surface area (Å²) in [7, 11) is 0. The van der Waals surface area contributed by atoms with Gasteiger partial charge in [0, 0.05) is 0 Å². The number of hydrogen-bond acceptors (Lipinski definition) is 1. The van der Waals surface area contributed by atoms with Gasteiger partial charge in [0.2, 0.25) is 0 Å². The summed E-state index contributed by atoms with van der Waals surface area (Å²) in [5.74, 6) is -0.872. The molecule has 2 nitrogen and oxygen atoms in total. The zero-order valence-corrected chi connectivity index (χ0v) is 10.7. The Labute approximate surface area is 111 Å². The third-order valence-electron chi connectivity index (χ3n) is 3.58. The van der Waals surface area contributed by atoms with Gasteiger partial charge < -0.3 is 5.11 Å². The van der Waals surface area contributed by atoms with Crippen LogP contribution in [-0.4, -0.2) is 11.1 Å². The maximum absolute atomic E-state index is 11.4. The quantitative estimate of drug-likeness (QED) is 0.690. The molecule has 0 aliphatic carbocycles. The number of rotatable bonds is 2. The largest absolute Gasteiger partial charge is 0.478 e. The fourth-order valence-electron chi connectivity index (χ4n) is 2.59. The van der Waals surface area contributed by atoms with E-state index in [1.54, 1.807) is 6.07 Å². The maximum atomic E-state index is 11.4. The Morgan fingerprint density at radius 2 is 1.63 bits per heavy atom. The van der Waals surface area contributed by atoms with Gasteiger partial charge in [0.1, 0.15) is 0 Å². The Hall–Kier alpha value is -2.35. The van der Waals surface area contributed by atoms with Crippen LogP contribution < -0.4 is 0 Å². The van der Waals surface area contributed by atoms with Crippen LogP contribution in [0.5, 0.6) is 0 Å². The van der Waals surface area contributed by atoms with Gasteiger partial charge in [0.15, 0.2) is 0 Å². The molecule has 2 heteroatoms. The van der Waals surface area contributed by atoms with E-state index in [-0.39, 0.29) is 0 Å². The van der Waals surface area contributed by atoms with E-state index in [4.69, 9.17) is 0 Å². The highest BCUT2D eigenvalue weighted by atomic mass is 16.4. The van der Waals surface area contributed by atoms with Crippen LogP contribution in [-0.2, 0) is 6.42 Å². The minimum atomic E-state index is -0.872. The molecule has 0 unspecified atom stereocenters. The first-order valence-corrected chi connectivity index (χ1v) is 6.38. The molecular weight excluding hydrogens is 236 g/mol. The Kier molecular flexibility index (Phi) is 2.71. The summed E-state index contributed by atoms with van der Waals surface area (Å²) in [6.45, 7) is 2.09. The lowest BCUT2D eigenvalue weighted by atomic mass is 9.95. The van der Waals surface area contributed by atoms with E-state index in [0.29, 0.717) is 5.56 Å². The average Bonchev–Trinajstić information content (AvgIpc) is 2.43. The predicted molar refractivity (Wildman–Crippen MR) is 77.8 cm³/mol. The fraction of sp³-hybridized carbons (Fsp3) is 0.118. The molecular formula is C17H14O2. The van der Waals surface area contributed by atoms with Crippen molar-refractivity contribution in [2.24, 2.45) is 0 Å². The van der Waals surface area contributed by atoms with Crippen molar-refractivity contribution in [1.82, 2.24) is 0 Å². The van der Waals surface area contributed by atoms with Crippen molar-refractivity contribution in [2.45, 2.75) is 13.3 Å². The van der Waals surface area contributed by atoms with Crippen molar-refractivity contribution in [3.8, 4) is 0 Å². The molecule has 0 atom stereocenters. The molecule has 0 radical (unpaired) electrons. The zero-order chi connectivity index (χ0) is 13.4. The summed E-state index contributed by atoms with van der Waals surface area (Å²) in [5, 5.41) is 13.4. The van der Waals surface area contributed by atoms with Crippen LogP contribution in [0.25, 0.3) is 21.5 Å². The summed E-state index contributed by atoms with van der Waals surface area (Å²) < 4.78 is 0. The third kappa shape index (κ3) is 1.85. The Morgan fingerprint density at radius 1 is 1.00 bits per heavy atom. The number of aryl methyl sites for hydroxylation is 1. The van der Waals surface area contributed by atoms with E-state index < -0.39 is 5.97 Å². The number of hydrogen-bond donors (Lipinski definition) is 1. The zero-order valence-electron chi connectivity index (χ0n) is 10.7. The van der Waals surface area contributed by atoms with Gasteiger partial charge in [-0.15, -0.1) is 0 Å². The first-order valence-electron chi connectivity index (χ1n) is 6.38. The third-order valence-corrected chi connectivity index (χ3v) is 3.58. The summed E-state index contributed by atoms with van der Waals surface area (Å²) in [5.41, 5.74) is 1.56. The van der Waals surface area contributed by atoms with Crippen LogP contribution in [0.3, 0.4) is 0 Å². The van der Waals surface area contributed by atoms with Crippen LogP contribution in [0.4, 0.5) is 0 Å². The Morgan fingerprint density at radius 3 is 2.21 bits per heavy atom. The van der Waals surface area contributed by atoms with Gasteiger partial charge in [-0.3, -0.25) is 0 Å². The van der Waals surface area contributed by atoms with E-state index in [0.717, 1.165) is 28.0 Å². The molecule has 0 heterocycles. The molecule has 3 aromatic rings. The highest BCUT2D eigenvalue weighted by Crippen LogP contribution is 2.28.